The predicted molar refractivity (Wildman–Crippen MR) is 110 cm³/mol. The van der Waals surface area contributed by atoms with Crippen molar-refractivity contribution in [3.05, 3.63) is 59.7 Å². The van der Waals surface area contributed by atoms with Crippen LogP contribution < -0.4 is 11.5 Å². The summed E-state index contributed by atoms with van der Waals surface area (Å²) in [7, 11) is 1.77. The third kappa shape index (κ3) is 6.39. The van der Waals surface area contributed by atoms with Crippen LogP contribution >= 0.6 is 0 Å². The lowest BCUT2D eigenvalue weighted by atomic mass is 10.0. The smallest absolute Gasteiger partial charge is 0.405 e. The highest BCUT2D eigenvalue weighted by Gasteiger charge is 2.23. The average molecular weight is 383 g/mol. The summed E-state index contributed by atoms with van der Waals surface area (Å²) in [4.78, 5) is 25.0. The topological polar surface area (TPSA) is 98.7 Å². The Labute approximate surface area is 166 Å². The van der Waals surface area contributed by atoms with E-state index in [1.54, 1.807) is 25.8 Å². The van der Waals surface area contributed by atoms with E-state index in [1.165, 1.54) is 0 Å². The molecule has 0 heterocycles. The molecule has 28 heavy (non-hydrogen) atoms. The third-order valence-corrected chi connectivity index (χ3v) is 4.61. The number of primary amides is 1. The Kier molecular flexibility index (Phi) is 7.18. The van der Waals surface area contributed by atoms with Crippen molar-refractivity contribution in [1.82, 2.24) is 4.90 Å². The van der Waals surface area contributed by atoms with Crippen molar-refractivity contribution in [2.75, 3.05) is 7.05 Å². The first-order chi connectivity index (χ1) is 13.2. The summed E-state index contributed by atoms with van der Waals surface area (Å²) in [6.07, 6.45) is -0.147. The Morgan fingerprint density at radius 2 is 1.71 bits per heavy atom. The molecule has 0 bridgehead atoms. The van der Waals surface area contributed by atoms with Gasteiger partial charge in [-0.05, 0) is 48.6 Å². The van der Waals surface area contributed by atoms with Gasteiger partial charge in [0.15, 0.2) is 0 Å². The SMILES string of the molecule is CN(Cc1cccc(-c2ccc(CN)cc2)c1)C(=O)CCC(C)(C)OC(N)=O. The lowest BCUT2D eigenvalue weighted by Gasteiger charge is -2.25. The molecule has 0 radical (unpaired) electrons. The van der Waals surface area contributed by atoms with Gasteiger partial charge in [-0.2, -0.15) is 0 Å². The number of amides is 2. The Hall–Kier alpha value is -2.86. The molecule has 150 valence electrons. The van der Waals surface area contributed by atoms with Gasteiger partial charge in [-0.25, -0.2) is 4.79 Å². The van der Waals surface area contributed by atoms with Crippen LogP contribution in [0.25, 0.3) is 11.1 Å². The van der Waals surface area contributed by atoms with Crippen LogP contribution in [0.1, 0.15) is 37.8 Å². The maximum atomic E-state index is 12.4. The van der Waals surface area contributed by atoms with Crippen LogP contribution in [0.5, 0.6) is 0 Å². The fourth-order valence-corrected chi connectivity index (χ4v) is 2.97. The fourth-order valence-electron chi connectivity index (χ4n) is 2.97. The molecule has 2 aromatic rings. The Bertz CT molecular complexity index is 816. The van der Waals surface area contributed by atoms with Gasteiger partial charge < -0.3 is 21.1 Å². The van der Waals surface area contributed by atoms with Gasteiger partial charge >= 0.3 is 6.09 Å². The Morgan fingerprint density at radius 3 is 2.32 bits per heavy atom. The number of hydrogen-bond acceptors (Lipinski definition) is 4. The van der Waals surface area contributed by atoms with Crippen LogP contribution in [0.15, 0.2) is 48.5 Å². The molecule has 0 spiro atoms. The first kappa shape index (κ1) is 21.4. The number of nitrogens with two attached hydrogens (primary N) is 2. The molecule has 0 atom stereocenters. The largest absolute Gasteiger partial charge is 0.444 e. The molecular weight excluding hydrogens is 354 g/mol. The Morgan fingerprint density at radius 1 is 1.04 bits per heavy atom. The number of hydrogen-bond donors (Lipinski definition) is 2. The number of rotatable bonds is 8. The second-order valence-electron chi connectivity index (χ2n) is 7.53. The number of benzene rings is 2. The molecule has 2 aromatic carbocycles. The highest BCUT2D eigenvalue weighted by Crippen LogP contribution is 2.22. The summed E-state index contributed by atoms with van der Waals surface area (Å²) in [5, 5.41) is 0. The maximum Gasteiger partial charge on any atom is 0.405 e. The monoisotopic (exact) mass is 383 g/mol. The van der Waals surface area contributed by atoms with Gasteiger partial charge in [-0.3, -0.25) is 4.79 Å². The summed E-state index contributed by atoms with van der Waals surface area (Å²) in [6, 6.07) is 16.3. The molecule has 4 N–H and O–H groups in total. The quantitative estimate of drug-likeness (QED) is 0.729. The van der Waals surface area contributed by atoms with Crippen LogP contribution in [-0.2, 0) is 22.6 Å². The van der Waals surface area contributed by atoms with Crippen molar-refractivity contribution >= 4 is 12.0 Å². The van der Waals surface area contributed by atoms with Crippen molar-refractivity contribution in [3.8, 4) is 11.1 Å². The van der Waals surface area contributed by atoms with Crippen LogP contribution in [0.3, 0.4) is 0 Å². The van der Waals surface area contributed by atoms with Gasteiger partial charge in [0.2, 0.25) is 5.91 Å². The lowest BCUT2D eigenvalue weighted by molar-refractivity contribution is -0.131. The van der Waals surface area contributed by atoms with Gasteiger partial charge in [0.05, 0.1) is 0 Å². The molecule has 0 aromatic heterocycles. The molecular formula is C22H29N3O3. The van der Waals surface area contributed by atoms with Gasteiger partial charge in [0.1, 0.15) is 5.60 Å². The zero-order chi connectivity index (χ0) is 20.7. The predicted octanol–water partition coefficient (Wildman–Crippen LogP) is 3.42. The van der Waals surface area contributed by atoms with Crippen molar-refractivity contribution < 1.29 is 14.3 Å². The van der Waals surface area contributed by atoms with Crippen molar-refractivity contribution in [2.45, 2.75) is 45.4 Å². The van der Waals surface area contributed by atoms with Crippen molar-refractivity contribution in [2.24, 2.45) is 11.5 Å². The van der Waals surface area contributed by atoms with Gasteiger partial charge in [-0.15, -0.1) is 0 Å². The molecule has 0 unspecified atom stereocenters. The van der Waals surface area contributed by atoms with E-state index in [4.69, 9.17) is 16.2 Å². The molecule has 2 amide bonds. The molecule has 0 saturated carbocycles. The molecule has 0 aliphatic carbocycles. The summed E-state index contributed by atoms with van der Waals surface area (Å²) in [5.41, 5.74) is 14.3. The first-order valence-corrected chi connectivity index (χ1v) is 9.31. The lowest BCUT2D eigenvalue weighted by Crippen LogP contribution is -2.33. The van der Waals surface area contributed by atoms with E-state index in [0.29, 0.717) is 19.5 Å². The van der Waals surface area contributed by atoms with E-state index in [9.17, 15) is 9.59 Å². The molecule has 0 aliphatic heterocycles. The van der Waals surface area contributed by atoms with E-state index < -0.39 is 11.7 Å². The summed E-state index contributed by atoms with van der Waals surface area (Å²) in [6.45, 7) is 4.51. The molecule has 6 nitrogen and oxygen atoms in total. The average Bonchev–Trinajstić information content (AvgIpc) is 2.65. The van der Waals surface area contributed by atoms with Crippen molar-refractivity contribution in [3.63, 3.8) is 0 Å². The molecule has 2 rings (SSSR count). The zero-order valence-corrected chi connectivity index (χ0v) is 16.8. The summed E-state index contributed by atoms with van der Waals surface area (Å²) >= 11 is 0. The van der Waals surface area contributed by atoms with Crippen molar-refractivity contribution in [1.29, 1.82) is 0 Å². The standard InChI is InChI=1S/C22H29N3O3/c1-22(2,28-21(24)27)12-11-20(26)25(3)15-17-5-4-6-19(13-17)18-9-7-16(14-23)8-10-18/h4-10,13H,11-12,14-15,23H2,1-3H3,(H2,24,27). The highest BCUT2D eigenvalue weighted by atomic mass is 16.6. The van der Waals surface area contributed by atoms with Crippen LogP contribution in [0.4, 0.5) is 4.79 Å². The van der Waals surface area contributed by atoms with E-state index in [0.717, 1.165) is 22.3 Å². The second-order valence-corrected chi connectivity index (χ2v) is 7.53. The minimum Gasteiger partial charge on any atom is -0.444 e. The van der Waals surface area contributed by atoms with Crippen LogP contribution in [-0.4, -0.2) is 29.5 Å². The van der Waals surface area contributed by atoms with Gasteiger partial charge in [0, 0.05) is 26.6 Å². The fraction of sp³-hybridized carbons (Fsp3) is 0.364. The minimum absolute atomic E-state index is 0.0150. The third-order valence-electron chi connectivity index (χ3n) is 4.61. The molecule has 6 heteroatoms. The Balaban J connectivity index is 1.98. The number of carbonyl (C=O) groups is 2. The second kappa shape index (κ2) is 9.37. The summed E-state index contributed by atoms with van der Waals surface area (Å²) < 4.78 is 5.03. The number of carbonyl (C=O) groups excluding carboxylic acids is 2. The zero-order valence-electron chi connectivity index (χ0n) is 16.8. The summed E-state index contributed by atoms with van der Waals surface area (Å²) in [5.74, 6) is -0.0150. The maximum absolute atomic E-state index is 12.4. The molecule has 0 aliphatic rings. The number of nitrogens with zero attached hydrogens (tertiary/aromatic N) is 1. The minimum atomic E-state index is -0.831. The first-order valence-electron chi connectivity index (χ1n) is 9.31. The van der Waals surface area contributed by atoms with E-state index in [1.807, 2.05) is 30.3 Å². The van der Waals surface area contributed by atoms with Crippen LogP contribution in [0.2, 0.25) is 0 Å². The highest BCUT2D eigenvalue weighted by molar-refractivity contribution is 5.76. The van der Waals surface area contributed by atoms with Gasteiger partial charge in [-0.1, -0.05) is 42.5 Å². The number of ether oxygens (including phenoxy) is 1. The van der Waals surface area contributed by atoms with Gasteiger partial charge in [0.25, 0.3) is 0 Å². The van der Waals surface area contributed by atoms with E-state index >= 15 is 0 Å². The van der Waals surface area contributed by atoms with E-state index in [-0.39, 0.29) is 12.3 Å². The molecule has 0 fully saturated rings. The van der Waals surface area contributed by atoms with E-state index in [2.05, 4.69) is 18.2 Å². The molecule has 0 saturated heterocycles. The normalized spacial score (nSPS) is 11.1. The van der Waals surface area contributed by atoms with Crippen LogP contribution in [0, 0.1) is 0 Å².